The molecular weight excluding hydrogens is 400 g/mol. The highest BCUT2D eigenvalue weighted by molar-refractivity contribution is 7.92. The van der Waals surface area contributed by atoms with E-state index in [1.807, 2.05) is 31.2 Å². The highest BCUT2D eigenvalue weighted by atomic mass is 35.5. The van der Waals surface area contributed by atoms with Gasteiger partial charge in [0.25, 0.3) is 0 Å². The van der Waals surface area contributed by atoms with Crippen molar-refractivity contribution in [1.29, 1.82) is 0 Å². The molecule has 0 heterocycles. The van der Waals surface area contributed by atoms with E-state index in [4.69, 9.17) is 16.3 Å². The van der Waals surface area contributed by atoms with Crippen molar-refractivity contribution in [2.45, 2.75) is 26.3 Å². The first-order chi connectivity index (χ1) is 13.3. The van der Waals surface area contributed by atoms with Crippen molar-refractivity contribution >= 4 is 33.2 Å². The molecule has 0 fully saturated rings. The summed E-state index contributed by atoms with van der Waals surface area (Å²) in [5.74, 6) is 0.660. The summed E-state index contributed by atoms with van der Waals surface area (Å²) in [4.78, 5) is 12.1. The number of rotatable bonds is 10. The molecule has 1 N–H and O–H groups in total. The van der Waals surface area contributed by atoms with Crippen molar-refractivity contribution in [3.05, 3.63) is 59.1 Å². The van der Waals surface area contributed by atoms with Gasteiger partial charge in [-0.2, -0.15) is 0 Å². The average Bonchev–Trinajstić information content (AvgIpc) is 2.64. The van der Waals surface area contributed by atoms with Gasteiger partial charge in [0.1, 0.15) is 5.75 Å². The fraction of sp³-hybridized carbons (Fsp3) is 0.350. The molecule has 0 radical (unpaired) electrons. The molecule has 2 rings (SSSR count). The number of ether oxygens (including phenoxy) is 1. The number of hydrogen-bond acceptors (Lipinski definition) is 4. The molecule has 0 bridgehead atoms. The van der Waals surface area contributed by atoms with E-state index in [9.17, 15) is 13.2 Å². The van der Waals surface area contributed by atoms with Crippen LogP contribution in [0.25, 0.3) is 0 Å². The summed E-state index contributed by atoms with van der Waals surface area (Å²) < 4.78 is 30.8. The van der Waals surface area contributed by atoms with Crippen LogP contribution in [0.5, 0.6) is 5.75 Å². The zero-order chi connectivity index (χ0) is 20.6. The lowest BCUT2D eigenvalue weighted by molar-refractivity contribution is -0.121. The molecule has 2 aromatic carbocycles. The average molecular weight is 425 g/mol. The summed E-state index contributed by atoms with van der Waals surface area (Å²) >= 11 is 5.96. The molecule has 0 unspecified atom stereocenters. The van der Waals surface area contributed by atoms with Gasteiger partial charge in [-0.3, -0.25) is 9.10 Å². The van der Waals surface area contributed by atoms with Crippen LogP contribution in [0, 0.1) is 0 Å². The zero-order valence-electron chi connectivity index (χ0n) is 16.0. The number of anilines is 1. The number of carbonyl (C=O) groups is 1. The minimum Gasteiger partial charge on any atom is -0.494 e. The van der Waals surface area contributed by atoms with Crippen LogP contribution < -0.4 is 14.4 Å². The second-order valence-corrected chi connectivity index (χ2v) is 8.62. The minimum atomic E-state index is -3.47. The maximum Gasteiger partial charge on any atom is 0.232 e. The third kappa shape index (κ3) is 7.05. The largest absolute Gasteiger partial charge is 0.494 e. The third-order valence-electron chi connectivity index (χ3n) is 3.99. The summed E-state index contributed by atoms with van der Waals surface area (Å²) in [6.45, 7) is 3.15. The Morgan fingerprint density at radius 1 is 1.18 bits per heavy atom. The predicted octanol–water partition coefficient (Wildman–Crippen LogP) is 3.60. The van der Waals surface area contributed by atoms with Crippen molar-refractivity contribution in [2.24, 2.45) is 0 Å². The molecule has 28 heavy (non-hydrogen) atoms. The number of carbonyl (C=O) groups excluding carboxylic acids is 1. The van der Waals surface area contributed by atoms with Crippen molar-refractivity contribution in [3.63, 3.8) is 0 Å². The Kier molecular flexibility index (Phi) is 8.14. The monoisotopic (exact) mass is 424 g/mol. The van der Waals surface area contributed by atoms with E-state index < -0.39 is 10.0 Å². The Bertz CT molecular complexity index is 885. The number of sulfonamides is 1. The van der Waals surface area contributed by atoms with Crippen molar-refractivity contribution in [1.82, 2.24) is 5.32 Å². The minimum absolute atomic E-state index is 0.131. The van der Waals surface area contributed by atoms with E-state index in [1.54, 1.807) is 24.3 Å². The quantitative estimate of drug-likeness (QED) is 0.632. The summed E-state index contributed by atoms with van der Waals surface area (Å²) in [7, 11) is -3.47. The maximum atomic E-state index is 12.1. The standard InChI is InChI=1S/C20H25ClN2O4S/c1-3-27-19-11-9-16(10-12-19)15-22-20(24)8-5-13-23(28(2,25)26)18-7-4-6-17(21)14-18/h4,6-7,9-12,14H,3,5,8,13,15H2,1-2H3,(H,22,24). The highest BCUT2D eigenvalue weighted by Crippen LogP contribution is 2.22. The summed E-state index contributed by atoms with van der Waals surface area (Å²) in [5.41, 5.74) is 1.46. The van der Waals surface area contributed by atoms with Crippen molar-refractivity contribution in [3.8, 4) is 5.75 Å². The lowest BCUT2D eigenvalue weighted by Gasteiger charge is -2.22. The van der Waals surface area contributed by atoms with Gasteiger partial charge >= 0.3 is 0 Å². The predicted molar refractivity (Wildman–Crippen MR) is 112 cm³/mol. The topological polar surface area (TPSA) is 75.7 Å². The van der Waals surface area contributed by atoms with Crippen LogP contribution in [-0.4, -0.2) is 33.7 Å². The van der Waals surface area contributed by atoms with E-state index >= 15 is 0 Å². The molecule has 0 saturated heterocycles. The van der Waals surface area contributed by atoms with Crippen LogP contribution in [0.4, 0.5) is 5.69 Å². The first-order valence-electron chi connectivity index (χ1n) is 9.01. The fourth-order valence-corrected chi connectivity index (χ4v) is 3.80. The lowest BCUT2D eigenvalue weighted by Crippen LogP contribution is -2.32. The first kappa shape index (κ1) is 22.0. The van der Waals surface area contributed by atoms with E-state index in [0.29, 0.717) is 30.3 Å². The Morgan fingerprint density at radius 2 is 1.89 bits per heavy atom. The Morgan fingerprint density at radius 3 is 2.50 bits per heavy atom. The molecule has 0 aromatic heterocycles. The molecular formula is C20H25ClN2O4S. The molecule has 2 aromatic rings. The molecule has 0 saturated carbocycles. The summed E-state index contributed by atoms with van der Waals surface area (Å²) in [6, 6.07) is 14.2. The van der Waals surface area contributed by atoms with Crippen molar-refractivity contribution in [2.75, 3.05) is 23.7 Å². The molecule has 6 nitrogen and oxygen atoms in total. The normalized spacial score (nSPS) is 11.1. The van der Waals surface area contributed by atoms with Crippen LogP contribution in [0.1, 0.15) is 25.3 Å². The number of nitrogens with one attached hydrogen (secondary N) is 1. The van der Waals surface area contributed by atoms with Gasteiger partial charge < -0.3 is 10.1 Å². The summed E-state index contributed by atoms with van der Waals surface area (Å²) in [5, 5.41) is 3.30. The fourth-order valence-electron chi connectivity index (χ4n) is 2.66. The van der Waals surface area contributed by atoms with Gasteiger partial charge in [0, 0.05) is 24.5 Å². The molecule has 0 aliphatic rings. The highest BCUT2D eigenvalue weighted by Gasteiger charge is 2.17. The summed E-state index contributed by atoms with van der Waals surface area (Å²) in [6.07, 6.45) is 1.76. The number of halogens is 1. The zero-order valence-corrected chi connectivity index (χ0v) is 17.6. The molecule has 0 aliphatic carbocycles. The SMILES string of the molecule is CCOc1ccc(CNC(=O)CCCN(c2cccc(Cl)c2)S(C)(=O)=O)cc1. The van der Waals surface area contributed by atoms with E-state index in [1.165, 1.54) is 4.31 Å². The Hall–Kier alpha value is -2.25. The number of benzene rings is 2. The second-order valence-electron chi connectivity index (χ2n) is 6.27. The Balaban J connectivity index is 1.84. The van der Waals surface area contributed by atoms with Gasteiger partial charge in [-0.05, 0) is 49.2 Å². The van der Waals surface area contributed by atoms with Gasteiger partial charge in [0.15, 0.2) is 0 Å². The molecule has 0 atom stereocenters. The van der Waals surface area contributed by atoms with E-state index in [2.05, 4.69) is 5.32 Å². The first-order valence-corrected chi connectivity index (χ1v) is 11.2. The molecule has 152 valence electrons. The second kappa shape index (κ2) is 10.3. The van der Waals surface area contributed by atoms with E-state index in [-0.39, 0.29) is 18.9 Å². The Labute approximate surface area is 171 Å². The third-order valence-corrected chi connectivity index (χ3v) is 5.41. The molecule has 1 amide bonds. The molecule has 8 heteroatoms. The van der Waals surface area contributed by atoms with Crippen LogP contribution in [0.3, 0.4) is 0 Å². The number of amides is 1. The maximum absolute atomic E-state index is 12.1. The van der Waals surface area contributed by atoms with Crippen molar-refractivity contribution < 1.29 is 17.9 Å². The number of hydrogen-bond donors (Lipinski definition) is 1. The van der Waals surface area contributed by atoms with Gasteiger partial charge in [0.05, 0.1) is 18.6 Å². The van der Waals surface area contributed by atoms with Gasteiger partial charge in [-0.15, -0.1) is 0 Å². The molecule has 0 aliphatic heterocycles. The lowest BCUT2D eigenvalue weighted by atomic mass is 10.2. The smallest absolute Gasteiger partial charge is 0.232 e. The number of nitrogens with zero attached hydrogens (tertiary/aromatic N) is 1. The molecule has 0 spiro atoms. The van der Waals surface area contributed by atoms with E-state index in [0.717, 1.165) is 17.6 Å². The van der Waals surface area contributed by atoms with Crippen LogP contribution in [0.15, 0.2) is 48.5 Å². The van der Waals surface area contributed by atoms with Crippen LogP contribution >= 0.6 is 11.6 Å². The van der Waals surface area contributed by atoms with Crippen LogP contribution in [-0.2, 0) is 21.4 Å². The van der Waals surface area contributed by atoms with Crippen LogP contribution in [0.2, 0.25) is 5.02 Å². The van der Waals surface area contributed by atoms with Gasteiger partial charge in [0.2, 0.25) is 15.9 Å². The van der Waals surface area contributed by atoms with Gasteiger partial charge in [-0.1, -0.05) is 29.8 Å². The van der Waals surface area contributed by atoms with Gasteiger partial charge in [-0.25, -0.2) is 8.42 Å².